The highest BCUT2D eigenvalue weighted by Crippen LogP contribution is 2.30. The first-order valence-corrected chi connectivity index (χ1v) is 14.0. The van der Waals surface area contributed by atoms with Gasteiger partial charge in [-0.25, -0.2) is 4.39 Å². The van der Waals surface area contributed by atoms with Gasteiger partial charge in [-0.2, -0.15) is 9.78 Å². The summed E-state index contributed by atoms with van der Waals surface area (Å²) in [6.07, 6.45) is 6.79. The van der Waals surface area contributed by atoms with E-state index < -0.39 is 10.5 Å². The van der Waals surface area contributed by atoms with E-state index in [0.717, 1.165) is 81.0 Å². The van der Waals surface area contributed by atoms with Crippen LogP contribution in [0.25, 0.3) is 5.69 Å². The number of anilines is 1. The van der Waals surface area contributed by atoms with Gasteiger partial charge in [-0.05, 0) is 75.0 Å². The highest BCUT2D eigenvalue weighted by Gasteiger charge is 2.25. The Morgan fingerprint density at radius 2 is 1.78 bits per heavy atom. The topological polar surface area (TPSA) is 50.6 Å². The maximum atomic E-state index is 13.5. The van der Waals surface area contributed by atoms with Crippen molar-refractivity contribution in [2.45, 2.75) is 38.2 Å². The lowest BCUT2D eigenvalue weighted by atomic mass is 10.2. The van der Waals surface area contributed by atoms with Gasteiger partial charge in [0.05, 0.1) is 18.0 Å². The molecular weight excluding hydrogens is 475 g/mol. The Morgan fingerprint density at radius 3 is 2.50 bits per heavy atom. The summed E-state index contributed by atoms with van der Waals surface area (Å²) in [6, 6.07) is 16.2. The van der Waals surface area contributed by atoms with Gasteiger partial charge in [0.25, 0.3) is 0 Å². The molecule has 2 fully saturated rings. The molecule has 0 spiro atoms. The number of aromatic nitrogens is 2. The van der Waals surface area contributed by atoms with Crippen LogP contribution in [0.1, 0.15) is 31.2 Å². The molecule has 0 radical (unpaired) electrons. The van der Waals surface area contributed by atoms with E-state index in [-0.39, 0.29) is 17.5 Å². The normalized spacial score (nSPS) is 17.1. The minimum absolute atomic E-state index is 0.0714. The Labute approximate surface area is 214 Å². The van der Waals surface area contributed by atoms with Crippen molar-refractivity contribution in [3.63, 3.8) is 0 Å². The van der Waals surface area contributed by atoms with Crippen LogP contribution in [0.3, 0.4) is 0 Å². The summed E-state index contributed by atoms with van der Waals surface area (Å²) in [5.74, 6) is 0.970. The second-order valence-corrected chi connectivity index (χ2v) is 11.1. The molecule has 0 atom stereocenters. The van der Waals surface area contributed by atoms with Crippen LogP contribution in [-0.2, 0) is 16.9 Å². The molecule has 0 amide bonds. The van der Waals surface area contributed by atoms with Crippen molar-refractivity contribution in [2.75, 3.05) is 36.8 Å². The number of hydrogen-bond acceptors (Lipinski definition) is 6. The molecule has 1 saturated carbocycles. The molecule has 2 heterocycles. The molecule has 0 unspecified atom stereocenters. The molecule has 2 aromatic carbocycles. The molecule has 190 valence electrons. The van der Waals surface area contributed by atoms with Crippen LogP contribution in [-0.4, -0.2) is 52.1 Å². The predicted octanol–water partition coefficient (Wildman–Crippen LogP) is 4.18. The van der Waals surface area contributed by atoms with Gasteiger partial charge in [0, 0.05) is 13.1 Å². The third-order valence-corrected chi connectivity index (χ3v) is 8.55. The summed E-state index contributed by atoms with van der Waals surface area (Å²) in [7, 11) is -0.405. The standard InChI is InChI=1S/C28H32FN4O2S/c1-36(19-14-22-8-7-9-23(29)20-22)32-17-15-31(16-18-32)26-21-30-33(24-10-3-2-4-11-24)28(34)27(26)35-25-12-5-6-13-25/h1-4,7-11,20-21,25H,5-6,12-19H2/q-1. The first-order chi connectivity index (χ1) is 17.6. The van der Waals surface area contributed by atoms with Gasteiger partial charge in [-0.3, -0.25) is 4.79 Å². The van der Waals surface area contributed by atoms with Gasteiger partial charge in [-0.15, -0.1) is 5.75 Å². The zero-order chi connectivity index (χ0) is 24.9. The molecule has 3 aromatic rings. The fourth-order valence-corrected chi connectivity index (χ4v) is 6.23. The monoisotopic (exact) mass is 507 g/mol. The number of nitrogens with zero attached hydrogens (tertiary/aromatic N) is 4. The van der Waals surface area contributed by atoms with Crippen molar-refractivity contribution in [1.29, 1.82) is 0 Å². The summed E-state index contributed by atoms with van der Waals surface area (Å²) in [5, 5.41) is 4.50. The Bertz CT molecular complexity index is 1310. The van der Waals surface area contributed by atoms with Gasteiger partial charge in [0.15, 0.2) is 0 Å². The molecule has 1 saturated heterocycles. The number of piperazine rings is 1. The van der Waals surface area contributed by atoms with E-state index in [1.165, 1.54) is 10.7 Å². The highest BCUT2D eigenvalue weighted by atomic mass is 32.2. The van der Waals surface area contributed by atoms with Crippen LogP contribution in [0.4, 0.5) is 10.1 Å². The Kier molecular flexibility index (Phi) is 7.75. The number of rotatable bonds is 6. The quantitative estimate of drug-likeness (QED) is 0.469. The van der Waals surface area contributed by atoms with E-state index in [4.69, 9.17) is 10.4 Å². The lowest BCUT2D eigenvalue weighted by molar-refractivity contribution is 0.205. The van der Waals surface area contributed by atoms with E-state index in [9.17, 15) is 9.18 Å². The van der Waals surface area contributed by atoms with Crippen molar-refractivity contribution in [3.8, 4) is 17.1 Å². The number of ether oxygens (including phenoxy) is 1. The van der Waals surface area contributed by atoms with Crippen molar-refractivity contribution in [3.05, 3.63) is 82.5 Å². The second kappa shape index (κ2) is 11.3. The minimum atomic E-state index is -0.405. The number of hydrogen-bond donors (Lipinski definition) is 0. The summed E-state index contributed by atoms with van der Waals surface area (Å²) < 4.78 is 23.5. The zero-order valence-electron chi connectivity index (χ0n) is 20.4. The Morgan fingerprint density at radius 1 is 1.03 bits per heavy atom. The van der Waals surface area contributed by atoms with E-state index in [0.29, 0.717) is 5.75 Å². The summed E-state index contributed by atoms with van der Waals surface area (Å²) in [6.45, 7) is 3.04. The highest BCUT2D eigenvalue weighted by molar-refractivity contribution is 7.83. The van der Waals surface area contributed by atoms with Crippen molar-refractivity contribution in [1.82, 2.24) is 14.1 Å². The molecule has 1 aromatic heterocycles. The molecular formula is C28H32FN4O2S-. The largest absolute Gasteiger partial charge is 0.483 e. The van der Waals surface area contributed by atoms with Crippen molar-refractivity contribution >= 4 is 16.2 Å². The second-order valence-electron chi connectivity index (χ2n) is 9.34. The molecule has 6 nitrogen and oxygen atoms in total. The minimum Gasteiger partial charge on any atom is -0.483 e. The van der Waals surface area contributed by atoms with E-state index in [2.05, 4.69) is 14.3 Å². The first kappa shape index (κ1) is 24.6. The van der Waals surface area contributed by atoms with Crippen LogP contribution in [0.5, 0.6) is 5.75 Å². The third kappa shape index (κ3) is 5.67. The first-order valence-electron chi connectivity index (χ1n) is 12.6. The lowest BCUT2D eigenvalue weighted by Crippen LogP contribution is -2.47. The fraction of sp³-hybridized carbons (Fsp3) is 0.393. The Balaban J connectivity index is 1.29. The van der Waals surface area contributed by atoms with Crippen molar-refractivity contribution in [2.24, 2.45) is 0 Å². The Hall–Kier alpha value is -3.06. The molecule has 2 aliphatic rings. The summed E-state index contributed by atoms with van der Waals surface area (Å²) in [4.78, 5) is 15.7. The van der Waals surface area contributed by atoms with Gasteiger partial charge in [0.1, 0.15) is 11.5 Å². The number of para-hydroxylation sites is 1. The maximum Gasteiger partial charge on any atom is 0.316 e. The number of aryl methyl sites for hydroxylation is 1. The fourth-order valence-electron chi connectivity index (χ4n) is 4.90. The van der Waals surface area contributed by atoms with E-state index in [1.807, 2.05) is 36.4 Å². The smallest absolute Gasteiger partial charge is 0.316 e. The lowest BCUT2D eigenvalue weighted by Gasteiger charge is -2.44. The molecule has 0 bridgehead atoms. The SMILES string of the molecule is C#[S-](CCc1cccc(F)c1)N1CCN(c2cnn(-c3ccccc3)c(=O)c2OC2CCCC2)CC1. The molecule has 1 aliphatic heterocycles. The van der Waals surface area contributed by atoms with Gasteiger partial charge in [0.2, 0.25) is 5.75 Å². The van der Waals surface area contributed by atoms with Crippen LogP contribution in [0.15, 0.2) is 65.6 Å². The van der Waals surface area contributed by atoms with Crippen molar-refractivity contribution < 1.29 is 9.13 Å². The van der Waals surface area contributed by atoms with Gasteiger partial charge >= 0.3 is 5.56 Å². The number of benzene rings is 2. The maximum absolute atomic E-state index is 13.5. The molecule has 5 rings (SSSR count). The number of halogens is 1. The molecule has 36 heavy (non-hydrogen) atoms. The van der Waals surface area contributed by atoms with Crippen LogP contribution < -0.4 is 15.2 Å². The van der Waals surface area contributed by atoms with E-state index >= 15 is 0 Å². The van der Waals surface area contributed by atoms with E-state index in [1.54, 1.807) is 18.3 Å². The zero-order valence-corrected chi connectivity index (χ0v) is 21.2. The molecule has 1 aliphatic carbocycles. The third-order valence-electron chi connectivity index (χ3n) is 6.90. The molecule has 8 heteroatoms. The van der Waals surface area contributed by atoms with Crippen LogP contribution in [0, 0.1) is 11.5 Å². The average Bonchev–Trinajstić information content (AvgIpc) is 3.42. The summed E-state index contributed by atoms with van der Waals surface area (Å²) in [5.41, 5.74) is 8.75. The van der Waals surface area contributed by atoms with Crippen LogP contribution >= 0.6 is 0 Å². The van der Waals surface area contributed by atoms with Gasteiger partial charge < -0.3 is 30.1 Å². The van der Waals surface area contributed by atoms with Crippen LogP contribution in [0.2, 0.25) is 0 Å². The molecule has 0 N–H and O–H groups in total. The predicted molar refractivity (Wildman–Crippen MR) is 144 cm³/mol. The summed E-state index contributed by atoms with van der Waals surface area (Å²) >= 11 is 0. The van der Waals surface area contributed by atoms with Gasteiger partial charge in [-0.1, -0.05) is 30.3 Å². The average molecular weight is 508 g/mol.